The topological polar surface area (TPSA) is 96.6 Å². The molecule has 3 aliphatic rings. The monoisotopic (exact) mass is 682 g/mol. The minimum absolute atomic E-state index is 0.00778. The minimum Gasteiger partial charge on any atom is -0.379 e. The van der Waals surface area contributed by atoms with Gasteiger partial charge in [0.05, 0.1) is 19.3 Å². The van der Waals surface area contributed by atoms with Crippen LogP contribution in [0.3, 0.4) is 0 Å². The van der Waals surface area contributed by atoms with Gasteiger partial charge in [-0.1, -0.05) is 23.7 Å². The van der Waals surface area contributed by atoms with E-state index >= 15 is 0 Å². The van der Waals surface area contributed by atoms with Crippen molar-refractivity contribution in [2.45, 2.75) is 77.9 Å². The number of carbonyl (C=O) groups excluding carboxylic acids is 2. The molecule has 1 aliphatic heterocycles. The number of nitrogens with zero attached hydrogens (tertiary/aromatic N) is 2. The molecule has 9 heteroatoms. The van der Waals surface area contributed by atoms with Gasteiger partial charge in [0, 0.05) is 74.9 Å². The summed E-state index contributed by atoms with van der Waals surface area (Å²) in [5, 5.41) is 0.641. The zero-order valence-corrected chi connectivity index (χ0v) is 29.5. The Hall–Kier alpha value is -4.11. The first-order chi connectivity index (χ1) is 23.5. The van der Waals surface area contributed by atoms with Crippen molar-refractivity contribution >= 4 is 23.2 Å². The Balaban J connectivity index is 0.000000177. The third-order valence-electron chi connectivity index (χ3n) is 9.80. The van der Waals surface area contributed by atoms with E-state index in [2.05, 4.69) is 18.2 Å². The third-order valence-corrected chi connectivity index (χ3v) is 10.1. The number of pyridine rings is 2. The summed E-state index contributed by atoms with van der Waals surface area (Å²) >= 11 is 6.35. The molecule has 7 rings (SSSR count). The fraction of sp³-hybridized carbons (Fsp3) is 0.400. The lowest BCUT2D eigenvalue weighted by Crippen LogP contribution is -2.26. The normalized spacial score (nSPS) is 17.2. The number of fused-ring (bicyclic) bond motifs is 2. The van der Waals surface area contributed by atoms with E-state index in [4.69, 9.17) is 21.1 Å². The van der Waals surface area contributed by atoms with Crippen LogP contribution >= 0.6 is 11.6 Å². The summed E-state index contributed by atoms with van der Waals surface area (Å²) in [6, 6.07) is 12.1. The van der Waals surface area contributed by atoms with Crippen LogP contribution in [0.15, 0.2) is 58.4 Å². The number of halogens is 1. The van der Waals surface area contributed by atoms with Gasteiger partial charge in [0.1, 0.15) is 11.6 Å². The molecule has 2 aliphatic carbocycles. The smallest absolute Gasteiger partial charge is 0.253 e. The highest BCUT2D eigenvalue weighted by Gasteiger charge is 2.23. The van der Waals surface area contributed by atoms with Gasteiger partial charge in [-0.3, -0.25) is 19.2 Å². The van der Waals surface area contributed by atoms with Crippen LogP contribution in [-0.2, 0) is 65.4 Å². The molecule has 256 valence electrons. The fourth-order valence-electron chi connectivity index (χ4n) is 7.06. The van der Waals surface area contributed by atoms with E-state index in [0.717, 1.165) is 82.4 Å². The molecule has 2 aromatic carbocycles. The lowest BCUT2D eigenvalue weighted by atomic mass is 9.85. The SMILES string of the molecule is Cc1cc(-c2cc(Cl)c3c(c2)CCC(=O)C3)cn(C)c1=O.Cc1cc(-c2cc3c(c(COC4CCCOC4)c2)CC(=O)CC3)cn(C)c1=O. The average Bonchev–Trinajstić information content (AvgIpc) is 3.09. The van der Waals surface area contributed by atoms with E-state index in [0.29, 0.717) is 55.3 Å². The van der Waals surface area contributed by atoms with Crippen molar-refractivity contribution in [3.05, 3.63) is 113 Å². The number of Topliss-reactive ketones (excluding diaryl/α,β-unsaturated/α-hetero) is 2. The van der Waals surface area contributed by atoms with Crippen LogP contribution in [0.4, 0.5) is 0 Å². The maximum Gasteiger partial charge on any atom is 0.253 e. The number of rotatable bonds is 5. The molecular formula is C40H43ClN2O6. The standard InChI is InChI=1S/C23H27NO4.C17H16ClNO2/c1-15-8-18(12-24(2)23(15)26)17-9-16-5-6-20(25)11-22(16)19(10-17)13-28-21-4-3-7-27-14-21;1-10-5-13(9-19(2)17(10)21)12-6-11-3-4-14(20)8-15(11)16(18)7-12/h8-10,12,21H,3-7,11,13-14H2,1-2H3;5-7,9H,3-4,8H2,1-2H3. The Morgan fingerprint density at radius 3 is 1.84 bits per heavy atom. The number of carbonyl (C=O) groups is 2. The quantitative estimate of drug-likeness (QED) is 0.249. The average molecular weight is 683 g/mol. The second-order valence-electron chi connectivity index (χ2n) is 13.6. The van der Waals surface area contributed by atoms with Gasteiger partial charge in [0.2, 0.25) is 0 Å². The zero-order valence-electron chi connectivity index (χ0n) is 28.7. The number of aromatic nitrogens is 2. The number of benzene rings is 2. The molecule has 0 radical (unpaired) electrons. The van der Waals surface area contributed by atoms with Crippen molar-refractivity contribution in [2.75, 3.05) is 13.2 Å². The molecule has 0 amide bonds. The molecule has 0 N–H and O–H groups in total. The van der Waals surface area contributed by atoms with Crippen LogP contribution in [0.25, 0.3) is 22.3 Å². The molecule has 2 aromatic heterocycles. The van der Waals surface area contributed by atoms with Gasteiger partial charge in [-0.05, 0) is 114 Å². The van der Waals surface area contributed by atoms with E-state index in [9.17, 15) is 19.2 Å². The van der Waals surface area contributed by atoms with Gasteiger partial charge < -0.3 is 18.6 Å². The minimum atomic E-state index is 0.00778. The second kappa shape index (κ2) is 14.8. The number of ether oxygens (including phenoxy) is 2. The van der Waals surface area contributed by atoms with Gasteiger partial charge in [0.25, 0.3) is 11.1 Å². The summed E-state index contributed by atoms with van der Waals surface area (Å²) in [6.45, 7) is 5.59. The molecule has 3 heterocycles. The summed E-state index contributed by atoms with van der Waals surface area (Å²) < 4.78 is 14.9. The van der Waals surface area contributed by atoms with Gasteiger partial charge in [-0.15, -0.1) is 0 Å². The Morgan fingerprint density at radius 1 is 0.735 bits per heavy atom. The fourth-order valence-corrected chi connectivity index (χ4v) is 7.37. The molecule has 0 bridgehead atoms. The van der Waals surface area contributed by atoms with E-state index in [1.54, 1.807) is 23.2 Å². The molecule has 1 unspecified atom stereocenters. The van der Waals surface area contributed by atoms with Crippen LogP contribution in [0.2, 0.25) is 5.02 Å². The predicted octanol–water partition coefficient (Wildman–Crippen LogP) is 6.19. The molecule has 8 nitrogen and oxygen atoms in total. The first-order valence-electron chi connectivity index (χ1n) is 17.0. The van der Waals surface area contributed by atoms with Crippen molar-refractivity contribution in [1.29, 1.82) is 0 Å². The zero-order chi connectivity index (χ0) is 34.8. The predicted molar refractivity (Wildman–Crippen MR) is 191 cm³/mol. The van der Waals surface area contributed by atoms with E-state index in [1.807, 2.05) is 44.4 Å². The van der Waals surface area contributed by atoms with Crippen LogP contribution in [0, 0.1) is 13.8 Å². The summed E-state index contributed by atoms with van der Waals surface area (Å²) in [4.78, 5) is 47.5. The first kappa shape index (κ1) is 34.7. The van der Waals surface area contributed by atoms with Crippen molar-refractivity contribution in [2.24, 2.45) is 14.1 Å². The molecule has 1 saturated heterocycles. The molecule has 4 aromatic rings. The highest BCUT2D eigenvalue weighted by molar-refractivity contribution is 6.32. The Morgan fingerprint density at radius 2 is 1.29 bits per heavy atom. The lowest BCUT2D eigenvalue weighted by molar-refractivity contribution is -0.119. The highest BCUT2D eigenvalue weighted by Crippen LogP contribution is 2.33. The molecule has 0 saturated carbocycles. The summed E-state index contributed by atoms with van der Waals surface area (Å²) in [7, 11) is 3.53. The summed E-state index contributed by atoms with van der Waals surface area (Å²) in [6.07, 6.45) is 9.47. The van der Waals surface area contributed by atoms with Gasteiger partial charge in [-0.2, -0.15) is 0 Å². The summed E-state index contributed by atoms with van der Waals surface area (Å²) in [5.74, 6) is 0.538. The molecule has 1 fully saturated rings. The molecule has 1 atom stereocenters. The van der Waals surface area contributed by atoms with Gasteiger partial charge >= 0.3 is 0 Å². The Bertz CT molecular complexity index is 2000. The van der Waals surface area contributed by atoms with Crippen LogP contribution in [0.1, 0.15) is 64.6 Å². The van der Waals surface area contributed by atoms with Crippen molar-refractivity contribution < 1.29 is 19.1 Å². The van der Waals surface area contributed by atoms with Crippen molar-refractivity contribution in [3.8, 4) is 22.3 Å². The highest BCUT2D eigenvalue weighted by atomic mass is 35.5. The summed E-state index contributed by atoms with van der Waals surface area (Å²) in [5.41, 5.74) is 11.0. The van der Waals surface area contributed by atoms with Crippen LogP contribution in [0.5, 0.6) is 0 Å². The van der Waals surface area contributed by atoms with E-state index < -0.39 is 0 Å². The van der Waals surface area contributed by atoms with E-state index in [1.165, 1.54) is 5.56 Å². The third kappa shape index (κ3) is 7.88. The maximum absolute atomic E-state index is 12.1. The molecule has 49 heavy (non-hydrogen) atoms. The number of hydrogen-bond acceptors (Lipinski definition) is 6. The Labute approximate surface area is 291 Å². The van der Waals surface area contributed by atoms with Gasteiger partial charge in [-0.25, -0.2) is 0 Å². The van der Waals surface area contributed by atoms with Crippen molar-refractivity contribution in [1.82, 2.24) is 9.13 Å². The molecule has 0 spiro atoms. The Kier molecular flexibility index (Phi) is 10.5. The van der Waals surface area contributed by atoms with Crippen LogP contribution < -0.4 is 11.1 Å². The maximum atomic E-state index is 12.1. The van der Waals surface area contributed by atoms with Crippen molar-refractivity contribution in [3.63, 3.8) is 0 Å². The molecular weight excluding hydrogens is 640 g/mol. The lowest BCUT2D eigenvalue weighted by Gasteiger charge is -2.25. The number of hydrogen-bond donors (Lipinski definition) is 0. The number of aryl methyl sites for hydroxylation is 6. The van der Waals surface area contributed by atoms with E-state index in [-0.39, 0.29) is 23.0 Å². The number of ketones is 2. The largest absolute Gasteiger partial charge is 0.379 e. The second-order valence-corrected chi connectivity index (χ2v) is 14.0. The van der Waals surface area contributed by atoms with Gasteiger partial charge in [0.15, 0.2) is 0 Å². The first-order valence-corrected chi connectivity index (χ1v) is 17.4. The van der Waals surface area contributed by atoms with Crippen LogP contribution in [-0.4, -0.2) is 40.0 Å².